The smallest absolute Gasteiger partial charge is 0.325 e. The molecule has 0 aromatic rings. The second-order valence-electron chi connectivity index (χ2n) is 8.31. The van der Waals surface area contributed by atoms with E-state index in [1.165, 1.54) is 19.3 Å². The number of allylic oxidation sites excluding steroid dienone is 2. The van der Waals surface area contributed by atoms with Gasteiger partial charge < -0.3 is 9.80 Å². The highest BCUT2D eigenvalue weighted by molar-refractivity contribution is 7.99. The van der Waals surface area contributed by atoms with Crippen molar-refractivity contribution >= 4 is 23.7 Å². The first-order valence-corrected chi connectivity index (χ1v) is 12.1. The molecule has 3 amide bonds. The molecular formula is C21H33N5O2S. The van der Waals surface area contributed by atoms with Crippen LogP contribution in [0.1, 0.15) is 19.3 Å². The van der Waals surface area contributed by atoms with Crippen molar-refractivity contribution in [2.75, 3.05) is 65.2 Å². The quantitative estimate of drug-likeness (QED) is 0.691. The van der Waals surface area contributed by atoms with Gasteiger partial charge in [-0.2, -0.15) is 0 Å². The monoisotopic (exact) mass is 419 g/mol. The summed E-state index contributed by atoms with van der Waals surface area (Å²) in [4.78, 5) is 36.1. The molecule has 0 bridgehead atoms. The van der Waals surface area contributed by atoms with Gasteiger partial charge in [0, 0.05) is 64.6 Å². The Kier molecular flexibility index (Phi) is 6.82. The van der Waals surface area contributed by atoms with E-state index in [4.69, 9.17) is 0 Å². The van der Waals surface area contributed by atoms with Gasteiger partial charge in [0.2, 0.25) is 5.91 Å². The van der Waals surface area contributed by atoms with Gasteiger partial charge in [0.15, 0.2) is 0 Å². The minimum atomic E-state index is 0.0584. The highest BCUT2D eigenvalue weighted by atomic mass is 32.2. The molecule has 1 aliphatic carbocycles. The van der Waals surface area contributed by atoms with Crippen LogP contribution >= 0.6 is 11.8 Å². The lowest BCUT2D eigenvalue weighted by Crippen LogP contribution is -2.57. The van der Waals surface area contributed by atoms with Crippen molar-refractivity contribution in [1.82, 2.24) is 24.5 Å². The summed E-state index contributed by atoms with van der Waals surface area (Å²) in [6, 6.07) is 0.830. The zero-order valence-electron chi connectivity index (χ0n) is 17.4. The van der Waals surface area contributed by atoms with Gasteiger partial charge in [-0.05, 0) is 25.2 Å². The maximum atomic E-state index is 12.9. The summed E-state index contributed by atoms with van der Waals surface area (Å²) in [5, 5.41) is 0.0608. The van der Waals surface area contributed by atoms with Gasteiger partial charge in [-0.25, -0.2) is 4.79 Å². The summed E-state index contributed by atoms with van der Waals surface area (Å²) < 4.78 is 0. The van der Waals surface area contributed by atoms with Gasteiger partial charge in [0.25, 0.3) is 0 Å². The summed E-state index contributed by atoms with van der Waals surface area (Å²) in [5.41, 5.74) is 0. The standard InChI is InChI=1S/C21H33N5O2S/c1-29-20-7-2-3-8-26(20)21(28)25-11-9-22(10-12-25)17-19(27)24-15-13-23(14-16-24)18-5-4-6-18/h2-3,7-8,18,20H,4-6,9-17H2,1H3. The van der Waals surface area contributed by atoms with Crippen LogP contribution in [0.5, 0.6) is 0 Å². The Morgan fingerprint density at radius 1 is 0.931 bits per heavy atom. The first kappa shape index (κ1) is 20.8. The molecule has 0 N–H and O–H groups in total. The molecule has 0 aromatic heterocycles. The fourth-order valence-corrected chi connectivity index (χ4v) is 5.12. The first-order chi connectivity index (χ1) is 14.2. The molecular weight excluding hydrogens is 386 g/mol. The summed E-state index contributed by atoms with van der Waals surface area (Å²) in [5.74, 6) is 0.240. The number of urea groups is 1. The molecule has 160 valence electrons. The van der Waals surface area contributed by atoms with Crippen molar-refractivity contribution in [3.8, 4) is 0 Å². The molecule has 1 unspecified atom stereocenters. The average molecular weight is 420 g/mol. The Morgan fingerprint density at radius 3 is 2.24 bits per heavy atom. The predicted octanol–water partition coefficient (Wildman–Crippen LogP) is 1.50. The maximum Gasteiger partial charge on any atom is 0.325 e. The van der Waals surface area contributed by atoms with E-state index >= 15 is 0 Å². The number of piperazine rings is 2. The van der Waals surface area contributed by atoms with Crippen LogP contribution in [0.4, 0.5) is 4.79 Å². The van der Waals surface area contributed by atoms with Gasteiger partial charge in [-0.1, -0.05) is 18.6 Å². The van der Waals surface area contributed by atoms with E-state index < -0.39 is 0 Å². The van der Waals surface area contributed by atoms with Crippen LogP contribution in [-0.2, 0) is 4.79 Å². The lowest BCUT2D eigenvalue weighted by atomic mass is 9.91. The number of carbonyl (C=O) groups excluding carboxylic acids is 2. The number of carbonyl (C=O) groups is 2. The molecule has 29 heavy (non-hydrogen) atoms. The summed E-state index contributed by atoms with van der Waals surface area (Å²) >= 11 is 1.65. The Morgan fingerprint density at radius 2 is 1.62 bits per heavy atom. The van der Waals surface area contributed by atoms with Gasteiger partial charge in [0.05, 0.1) is 6.54 Å². The Bertz CT molecular complexity index is 649. The summed E-state index contributed by atoms with van der Waals surface area (Å²) in [7, 11) is 0. The third-order valence-electron chi connectivity index (χ3n) is 6.63. The normalized spacial score (nSPS) is 26.7. The van der Waals surface area contributed by atoms with Crippen molar-refractivity contribution in [3.05, 3.63) is 24.4 Å². The zero-order valence-corrected chi connectivity index (χ0v) is 18.2. The van der Waals surface area contributed by atoms with Crippen LogP contribution in [0.15, 0.2) is 24.4 Å². The second kappa shape index (κ2) is 9.53. The molecule has 4 aliphatic rings. The highest BCUT2D eigenvalue weighted by Gasteiger charge is 2.31. The molecule has 2 saturated heterocycles. The maximum absolute atomic E-state index is 12.9. The fourth-order valence-electron chi connectivity index (χ4n) is 4.48. The molecule has 0 aromatic carbocycles. The molecule has 3 heterocycles. The largest absolute Gasteiger partial charge is 0.339 e. The molecule has 3 aliphatic heterocycles. The van der Waals surface area contributed by atoms with Crippen molar-refractivity contribution in [2.45, 2.75) is 30.7 Å². The molecule has 8 heteroatoms. The van der Waals surface area contributed by atoms with Crippen molar-refractivity contribution < 1.29 is 9.59 Å². The average Bonchev–Trinajstić information content (AvgIpc) is 2.73. The molecule has 4 rings (SSSR count). The molecule has 1 atom stereocenters. The third kappa shape index (κ3) is 4.81. The Balaban J connectivity index is 1.20. The predicted molar refractivity (Wildman–Crippen MR) is 117 cm³/mol. The summed E-state index contributed by atoms with van der Waals surface area (Å²) in [6.45, 7) is 7.12. The number of amides is 3. The minimum Gasteiger partial charge on any atom is -0.339 e. The fraction of sp³-hybridized carbons (Fsp3) is 0.714. The second-order valence-corrected chi connectivity index (χ2v) is 9.26. The van der Waals surface area contributed by atoms with Gasteiger partial charge >= 0.3 is 6.03 Å². The van der Waals surface area contributed by atoms with Gasteiger partial charge in [-0.3, -0.25) is 19.5 Å². The number of rotatable bonds is 4. The first-order valence-electron chi connectivity index (χ1n) is 10.8. The topological polar surface area (TPSA) is 50.3 Å². The highest BCUT2D eigenvalue weighted by Crippen LogP contribution is 2.25. The van der Waals surface area contributed by atoms with E-state index in [1.54, 1.807) is 16.7 Å². The summed E-state index contributed by atoms with van der Waals surface area (Å²) in [6.07, 6.45) is 13.8. The van der Waals surface area contributed by atoms with Crippen LogP contribution in [0.3, 0.4) is 0 Å². The molecule has 3 fully saturated rings. The number of thioether (sulfide) groups is 1. The van der Waals surface area contributed by atoms with Crippen LogP contribution < -0.4 is 0 Å². The number of nitrogens with zero attached hydrogens (tertiary/aromatic N) is 5. The lowest BCUT2D eigenvalue weighted by molar-refractivity contribution is -0.135. The molecule has 0 radical (unpaired) electrons. The van der Waals surface area contributed by atoms with Crippen LogP contribution in [-0.4, -0.2) is 113 Å². The molecule has 1 saturated carbocycles. The van der Waals surface area contributed by atoms with Crippen molar-refractivity contribution in [1.29, 1.82) is 0 Å². The Hall–Kier alpha value is -1.51. The van der Waals surface area contributed by atoms with Gasteiger partial charge in [0.1, 0.15) is 5.37 Å². The Labute approximate surface area is 178 Å². The van der Waals surface area contributed by atoms with Crippen molar-refractivity contribution in [3.63, 3.8) is 0 Å². The van der Waals surface area contributed by atoms with Crippen LogP contribution in [0.25, 0.3) is 0 Å². The van der Waals surface area contributed by atoms with E-state index in [0.717, 1.165) is 45.3 Å². The lowest BCUT2D eigenvalue weighted by Gasteiger charge is -2.43. The van der Waals surface area contributed by atoms with E-state index in [0.29, 0.717) is 19.6 Å². The molecule has 7 nitrogen and oxygen atoms in total. The zero-order chi connectivity index (χ0) is 20.2. The SMILES string of the molecule is CSC1C=CC=CN1C(=O)N1CCN(CC(=O)N2CCN(C3CCC3)CC2)CC1. The van der Waals surface area contributed by atoms with E-state index in [2.05, 4.69) is 9.80 Å². The van der Waals surface area contributed by atoms with Crippen LogP contribution in [0.2, 0.25) is 0 Å². The number of hydrogen-bond acceptors (Lipinski definition) is 5. The van der Waals surface area contributed by atoms with Crippen LogP contribution in [0, 0.1) is 0 Å². The van der Waals surface area contributed by atoms with Crippen molar-refractivity contribution in [2.24, 2.45) is 0 Å². The van der Waals surface area contributed by atoms with E-state index in [9.17, 15) is 9.59 Å². The van der Waals surface area contributed by atoms with E-state index in [-0.39, 0.29) is 17.3 Å². The molecule has 0 spiro atoms. The third-order valence-corrected chi connectivity index (χ3v) is 7.50. The number of hydrogen-bond donors (Lipinski definition) is 0. The van der Waals surface area contributed by atoms with E-state index in [1.807, 2.05) is 40.5 Å². The minimum absolute atomic E-state index is 0.0584. The van der Waals surface area contributed by atoms with Gasteiger partial charge in [-0.15, -0.1) is 11.8 Å².